The van der Waals surface area contributed by atoms with E-state index in [2.05, 4.69) is 6.92 Å². The van der Waals surface area contributed by atoms with Gasteiger partial charge >= 0.3 is 0 Å². The van der Waals surface area contributed by atoms with Gasteiger partial charge in [0.15, 0.2) is 0 Å². The SMILES string of the molecule is CCCCCCCC(C)(O)CCCO. The second kappa shape index (κ2) is 8.25. The predicted octanol–water partition coefficient (Wildman–Crippen LogP) is 2.87. The third kappa shape index (κ3) is 8.52. The van der Waals surface area contributed by atoms with Crippen LogP contribution in [0.4, 0.5) is 0 Å². The maximum atomic E-state index is 9.89. The molecule has 0 spiro atoms. The Morgan fingerprint density at radius 3 is 2.07 bits per heavy atom. The van der Waals surface area contributed by atoms with Crippen LogP contribution >= 0.6 is 0 Å². The second-order valence-corrected chi connectivity index (χ2v) is 4.49. The maximum absolute atomic E-state index is 9.89. The first-order valence-corrected chi connectivity index (χ1v) is 5.95. The number of aliphatic hydroxyl groups is 2. The van der Waals surface area contributed by atoms with E-state index in [0.717, 1.165) is 19.3 Å². The minimum Gasteiger partial charge on any atom is -0.396 e. The normalized spacial score (nSPS) is 15.4. The molecular formula is C12H26O2. The van der Waals surface area contributed by atoms with E-state index in [9.17, 15) is 5.11 Å². The highest BCUT2D eigenvalue weighted by molar-refractivity contribution is 4.71. The van der Waals surface area contributed by atoms with E-state index in [1.807, 2.05) is 6.92 Å². The quantitative estimate of drug-likeness (QED) is 0.564. The van der Waals surface area contributed by atoms with Gasteiger partial charge in [0.25, 0.3) is 0 Å². The molecule has 0 aromatic rings. The van der Waals surface area contributed by atoms with Crippen LogP contribution in [0, 0.1) is 0 Å². The standard InChI is InChI=1S/C12H26O2/c1-3-4-5-6-7-9-12(2,14)10-8-11-13/h13-14H,3-11H2,1-2H3. The third-order valence-electron chi connectivity index (χ3n) is 2.69. The van der Waals surface area contributed by atoms with Crippen molar-refractivity contribution in [2.45, 2.75) is 70.8 Å². The molecule has 0 amide bonds. The van der Waals surface area contributed by atoms with Crippen LogP contribution in [0.2, 0.25) is 0 Å². The molecule has 0 saturated heterocycles. The summed E-state index contributed by atoms with van der Waals surface area (Å²) in [6.45, 7) is 4.27. The lowest BCUT2D eigenvalue weighted by Gasteiger charge is -2.22. The molecule has 0 aliphatic heterocycles. The fraction of sp³-hybridized carbons (Fsp3) is 1.00. The Bertz CT molecular complexity index is 121. The number of rotatable bonds is 9. The van der Waals surface area contributed by atoms with Crippen molar-refractivity contribution in [1.29, 1.82) is 0 Å². The van der Waals surface area contributed by atoms with E-state index in [4.69, 9.17) is 5.11 Å². The van der Waals surface area contributed by atoms with E-state index in [-0.39, 0.29) is 6.61 Å². The molecule has 0 aromatic heterocycles. The molecule has 0 rings (SSSR count). The zero-order chi connectivity index (χ0) is 10.9. The molecule has 2 N–H and O–H groups in total. The van der Waals surface area contributed by atoms with Crippen molar-refractivity contribution in [3.63, 3.8) is 0 Å². The summed E-state index contributed by atoms with van der Waals surface area (Å²) in [6.07, 6.45) is 8.49. The predicted molar refractivity (Wildman–Crippen MR) is 60.3 cm³/mol. The van der Waals surface area contributed by atoms with E-state index >= 15 is 0 Å². The molecule has 1 atom stereocenters. The van der Waals surface area contributed by atoms with Crippen LogP contribution < -0.4 is 0 Å². The molecule has 1 unspecified atom stereocenters. The molecule has 86 valence electrons. The Morgan fingerprint density at radius 1 is 0.929 bits per heavy atom. The smallest absolute Gasteiger partial charge is 0.0620 e. The van der Waals surface area contributed by atoms with Gasteiger partial charge in [0.05, 0.1) is 5.60 Å². The molecule has 0 saturated carbocycles. The summed E-state index contributed by atoms with van der Waals surface area (Å²) in [4.78, 5) is 0. The van der Waals surface area contributed by atoms with Crippen LogP contribution in [-0.2, 0) is 0 Å². The molecular weight excluding hydrogens is 176 g/mol. The number of hydrogen-bond acceptors (Lipinski definition) is 2. The highest BCUT2D eigenvalue weighted by Crippen LogP contribution is 2.20. The summed E-state index contributed by atoms with van der Waals surface area (Å²) in [5.74, 6) is 0. The van der Waals surface area contributed by atoms with Gasteiger partial charge < -0.3 is 10.2 Å². The van der Waals surface area contributed by atoms with E-state index in [1.165, 1.54) is 25.7 Å². The number of aliphatic hydroxyl groups excluding tert-OH is 1. The van der Waals surface area contributed by atoms with E-state index in [1.54, 1.807) is 0 Å². The monoisotopic (exact) mass is 202 g/mol. The van der Waals surface area contributed by atoms with Crippen molar-refractivity contribution in [2.24, 2.45) is 0 Å². The molecule has 0 heterocycles. The van der Waals surface area contributed by atoms with Crippen molar-refractivity contribution in [2.75, 3.05) is 6.61 Å². The summed E-state index contributed by atoms with van der Waals surface area (Å²) in [6, 6.07) is 0. The fourth-order valence-electron chi connectivity index (χ4n) is 1.69. The molecule has 2 heteroatoms. The van der Waals surface area contributed by atoms with E-state index in [0.29, 0.717) is 6.42 Å². The van der Waals surface area contributed by atoms with Gasteiger partial charge in [-0.05, 0) is 26.2 Å². The maximum Gasteiger partial charge on any atom is 0.0620 e. The molecule has 0 radical (unpaired) electrons. The van der Waals surface area contributed by atoms with E-state index < -0.39 is 5.60 Å². The van der Waals surface area contributed by atoms with Gasteiger partial charge in [0.1, 0.15) is 0 Å². The van der Waals surface area contributed by atoms with Crippen molar-refractivity contribution < 1.29 is 10.2 Å². The van der Waals surface area contributed by atoms with Crippen molar-refractivity contribution in [3.8, 4) is 0 Å². The average Bonchev–Trinajstić information content (AvgIpc) is 2.15. The third-order valence-corrected chi connectivity index (χ3v) is 2.69. The average molecular weight is 202 g/mol. The van der Waals surface area contributed by atoms with Crippen molar-refractivity contribution in [1.82, 2.24) is 0 Å². The summed E-state index contributed by atoms with van der Waals surface area (Å²) < 4.78 is 0. The van der Waals surface area contributed by atoms with Crippen LogP contribution in [-0.4, -0.2) is 22.4 Å². The number of unbranched alkanes of at least 4 members (excludes halogenated alkanes) is 4. The lowest BCUT2D eigenvalue weighted by atomic mass is 9.93. The number of hydrogen-bond donors (Lipinski definition) is 2. The lowest BCUT2D eigenvalue weighted by Crippen LogP contribution is -2.24. The van der Waals surface area contributed by atoms with Gasteiger partial charge in [0.2, 0.25) is 0 Å². The van der Waals surface area contributed by atoms with Crippen molar-refractivity contribution in [3.05, 3.63) is 0 Å². The summed E-state index contributed by atoms with van der Waals surface area (Å²) >= 11 is 0. The van der Waals surface area contributed by atoms with Crippen LogP contribution in [0.15, 0.2) is 0 Å². The Hall–Kier alpha value is -0.0800. The first-order chi connectivity index (χ1) is 6.62. The topological polar surface area (TPSA) is 40.5 Å². The molecule has 2 nitrogen and oxygen atoms in total. The molecule has 0 aliphatic carbocycles. The fourth-order valence-corrected chi connectivity index (χ4v) is 1.69. The molecule has 0 bridgehead atoms. The second-order valence-electron chi connectivity index (χ2n) is 4.49. The van der Waals surface area contributed by atoms with Gasteiger partial charge in [-0.15, -0.1) is 0 Å². The van der Waals surface area contributed by atoms with Gasteiger partial charge in [-0.25, -0.2) is 0 Å². The van der Waals surface area contributed by atoms with Crippen LogP contribution in [0.1, 0.15) is 65.2 Å². The van der Waals surface area contributed by atoms with Gasteiger partial charge in [-0.1, -0.05) is 39.0 Å². The zero-order valence-corrected chi connectivity index (χ0v) is 9.76. The largest absolute Gasteiger partial charge is 0.396 e. The minimum absolute atomic E-state index is 0.186. The Morgan fingerprint density at radius 2 is 1.50 bits per heavy atom. The first kappa shape index (κ1) is 13.9. The zero-order valence-electron chi connectivity index (χ0n) is 9.76. The van der Waals surface area contributed by atoms with Crippen molar-refractivity contribution >= 4 is 0 Å². The molecule has 0 aliphatic rings. The van der Waals surface area contributed by atoms with Crippen LogP contribution in [0.3, 0.4) is 0 Å². The summed E-state index contributed by atoms with van der Waals surface area (Å²) in [5.41, 5.74) is -0.561. The van der Waals surface area contributed by atoms with Crippen LogP contribution in [0.25, 0.3) is 0 Å². The highest BCUT2D eigenvalue weighted by atomic mass is 16.3. The lowest BCUT2D eigenvalue weighted by molar-refractivity contribution is 0.0326. The summed E-state index contributed by atoms with van der Waals surface area (Å²) in [5, 5.41) is 18.6. The molecule has 0 fully saturated rings. The molecule has 14 heavy (non-hydrogen) atoms. The Kier molecular flexibility index (Phi) is 8.20. The summed E-state index contributed by atoms with van der Waals surface area (Å²) in [7, 11) is 0. The van der Waals surface area contributed by atoms with Gasteiger partial charge in [-0.2, -0.15) is 0 Å². The van der Waals surface area contributed by atoms with Gasteiger partial charge in [-0.3, -0.25) is 0 Å². The highest BCUT2D eigenvalue weighted by Gasteiger charge is 2.18. The Labute approximate surface area is 88.3 Å². The van der Waals surface area contributed by atoms with Crippen LogP contribution in [0.5, 0.6) is 0 Å². The van der Waals surface area contributed by atoms with Gasteiger partial charge in [0, 0.05) is 6.61 Å². The Balaban J connectivity index is 3.35. The minimum atomic E-state index is -0.561. The first-order valence-electron chi connectivity index (χ1n) is 5.95. The molecule has 0 aromatic carbocycles.